The number of nitrogens with one attached hydrogen (secondary N) is 1. The van der Waals surface area contributed by atoms with Crippen molar-refractivity contribution in [3.05, 3.63) is 28.8 Å². The molecule has 0 aliphatic carbocycles. The lowest BCUT2D eigenvalue weighted by molar-refractivity contribution is 0.143. The van der Waals surface area contributed by atoms with Crippen LogP contribution in [0.1, 0.15) is 18.4 Å². The highest BCUT2D eigenvalue weighted by Crippen LogP contribution is 2.30. The Balaban J connectivity index is 2.15. The molecule has 19 heavy (non-hydrogen) atoms. The third kappa shape index (κ3) is 3.39. The minimum absolute atomic E-state index is 0.0457. The minimum Gasteiger partial charge on any atom is -0.384 e. The largest absolute Gasteiger partial charge is 0.384 e. The van der Waals surface area contributed by atoms with Gasteiger partial charge in [-0.1, -0.05) is 11.6 Å². The van der Waals surface area contributed by atoms with E-state index in [4.69, 9.17) is 27.5 Å². The molecule has 0 bridgehead atoms. The third-order valence-electron chi connectivity index (χ3n) is 3.52. The van der Waals surface area contributed by atoms with Crippen molar-refractivity contribution in [1.82, 2.24) is 0 Å². The Morgan fingerprint density at radius 1 is 1.58 bits per heavy atom. The minimum atomic E-state index is 0.0457. The zero-order valence-electron chi connectivity index (χ0n) is 11.2. The number of nitrogen functional groups attached to an aromatic ring is 1. The quantitative estimate of drug-likeness (QED) is 0.658. The van der Waals surface area contributed by atoms with E-state index in [0.717, 1.165) is 31.8 Å². The monoisotopic (exact) mass is 281 g/mol. The lowest BCUT2D eigenvalue weighted by Crippen LogP contribution is -2.37. The lowest BCUT2D eigenvalue weighted by Gasteiger charge is -2.34. The summed E-state index contributed by atoms with van der Waals surface area (Å²) in [5, 5.41) is 8.08. The van der Waals surface area contributed by atoms with Gasteiger partial charge >= 0.3 is 0 Å². The van der Waals surface area contributed by atoms with E-state index in [1.54, 1.807) is 13.2 Å². The Hall–Kier alpha value is -1.26. The van der Waals surface area contributed by atoms with Gasteiger partial charge in [0.1, 0.15) is 5.84 Å². The molecule has 104 valence electrons. The molecule has 4 nitrogen and oxygen atoms in total. The maximum Gasteiger partial charge on any atom is 0.122 e. The molecule has 0 amide bonds. The fourth-order valence-electron chi connectivity index (χ4n) is 2.59. The summed E-state index contributed by atoms with van der Waals surface area (Å²) in [7, 11) is 1.74. The number of piperidine rings is 1. The van der Waals surface area contributed by atoms with Gasteiger partial charge in [-0.2, -0.15) is 0 Å². The number of benzene rings is 1. The second-order valence-corrected chi connectivity index (χ2v) is 5.40. The van der Waals surface area contributed by atoms with Crippen LogP contribution in [0.2, 0.25) is 5.02 Å². The average Bonchev–Trinajstić information content (AvgIpc) is 2.39. The Morgan fingerprint density at radius 3 is 3.00 bits per heavy atom. The highest BCUT2D eigenvalue weighted by Gasteiger charge is 2.21. The molecule has 1 atom stereocenters. The molecular weight excluding hydrogens is 262 g/mol. The van der Waals surface area contributed by atoms with Gasteiger partial charge < -0.3 is 15.4 Å². The van der Waals surface area contributed by atoms with Gasteiger partial charge in [0.05, 0.1) is 17.3 Å². The topological polar surface area (TPSA) is 62.3 Å². The summed E-state index contributed by atoms with van der Waals surface area (Å²) in [6.07, 6.45) is 2.35. The number of amidine groups is 1. The molecular formula is C14H20ClN3O. The molecule has 0 radical (unpaired) electrons. The van der Waals surface area contributed by atoms with Gasteiger partial charge in [-0.25, -0.2) is 0 Å². The molecule has 0 aromatic heterocycles. The molecule has 1 unspecified atom stereocenters. The Morgan fingerprint density at radius 2 is 2.37 bits per heavy atom. The fraction of sp³-hybridized carbons (Fsp3) is 0.500. The van der Waals surface area contributed by atoms with Gasteiger partial charge in [0.15, 0.2) is 0 Å². The summed E-state index contributed by atoms with van der Waals surface area (Å²) in [4.78, 5) is 2.29. The maximum absolute atomic E-state index is 7.42. The van der Waals surface area contributed by atoms with Crippen LogP contribution in [0, 0.1) is 11.3 Å². The van der Waals surface area contributed by atoms with Crippen LogP contribution in [0.15, 0.2) is 18.2 Å². The van der Waals surface area contributed by atoms with Crippen molar-refractivity contribution in [2.75, 3.05) is 31.7 Å². The fourth-order valence-corrected chi connectivity index (χ4v) is 2.89. The van der Waals surface area contributed by atoms with E-state index < -0.39 is 0 Å². The molecule has 1 heterocycles. The standard InChI is InChI=1S/C14H20ClN3O/c1-19-9-10-3-2-6-18(8-10)13-5-4-11(14(16)17)7-12(13)15/h4-5,7,10H,2-3,6,8-9H2,1H3,(H3,16,17). The molecule has 1 saturated heterocycles. The smallest absolute Gasteiger partial charge is 0.122 e. The van der Waals surface area contributed by atoms with E-state index in [9.17, 15) is 0 Å². The zero-order valence-corrected chi connectivity index (χ0v) is 11.9. The maximum atomic E-state index is 7.42. The van der Waals surface area contributed by atoms with Crippen molar-refractivity contribution < 1.29 is 4.74 Å². The molecule has 5 heteroatoms. The molecule has 3 N–H and O–H groups in total. The number of methoxy groups -OCH3 is 1. The molecule has 1 fully saturated rings. The number of halogens is 1. The van der Waals surface area contributed by atoms with E-state index in [0.29, 0.717) is 16.5 Å². The molecule has 1 aliphatic heterocycles. The van der Waals surface area contributed by atoms with Gasteiger partial charge in [0.2, 0.25) is 0 Å². The first-order chi connectivity index (χ1) is 9.11. The van der Waals surface area contributed by atoms with Gasteiger partial charge in [0, 0.05) is 25.8 Å². The number of nitrogens with two attached hydrogens (primary N) is 1. The molecule has 0 spiro atoms. The first-order valence-electron chi connectivity index (χ1n) is 6.49. The summed E-state index contributed by atoms with van der Waals surface area (Å²) in [6.45, 7) is 2.77. The van der Waals surface area contributed by atoms with Gasteiger partial charge in [0.25, 0.3) is 0 Å². The summed E-state index contributed by atoms with van der Waals surface area (Å²) in [6, 6.07) is 5.57. The zero-order chi connectivity index (χ0) is 13.8. The Bertz CT molecular complexity index is 462. The predicted octanol–water partition coefficient (Wildman–Crippen LogP) is 2.49. The predicted molar refractivity (Wildman–Crippen MR) is 79.3 cm³/mol. The molecule has 1 aliphatic rings. The number of rotatable bonds is 4. The van der Waals surface area contributed by atoms with Crippen molar-refractivity contribution in [3.63, 3.8) is 0 Å². The highest BCUT2D eigenvalue weighted by atomic mass is 35.5. The van der Waals surface area contributed by atoms with E-state index in [2.05, 4.69) is 4.90 Å². The number of hydrogen-bond donors (Lipinski definition) is 2. The second-order valence-electron chi connectivity index (χ2n) is 4.99. The van der Waals surface area contributed by atoms with E-state index in [1.807, 2.05) is 12.1 Å². The molecule has 0 saturated carbocycles. The summed E-state index contributed by atoms with van der Waals surface area (Å²) < 4.78 is 5.24. The van der Waals surface area contributed by atoms with Crippen LogP contribution in [0.3, 0.4) is 0 Å². The molecule has 2 rings (SSSR count). The van der Waals surface area contributed by atoms with E-state index in [1.165, 1.54) is 6.42 Å². The summed E-state index contributed by atoms with van der Waals surface area (Å²) >= 11 is 6.31. The van der Waals surface area contributed by atoms with Crippen molar-refractivity contribution in [3.8, 4) is 0 Å². The molecule has 1 aromatic rings. The van der Waals surface area contributed by atoms with Crippen LogP contribution < -0.4 is 10.6 Å². The summed E-state index contributed by atoms with van der Waals surface area (Å²) in [5.41, 5.74) is 7.15. The van der Waals surface area contributed by atoms with Crippen LogP contribution in [0.5, 0.6) is 0 Å². The Labute approximate surface area is 119 Å². The van der Waals surface area contributed by atoms with Crippen molar-refractivity contribution in [2.24, 2.45) is 11.7 Å². The van der Waals surface area contributed by atoms with Gasteiger partial charge in [-0.05, 0) is 37.0 Å². The number of ether oxygens (including phenoxy) is 1. The van der Waals surface area contributed by atoms with Crippen LogP contribution >= 0.6 is 11.6 Å². The SMILES string of the molecule is COCC1CCCN(c2ccc(C(=N)N)cc2Cl)C1. The first-order valence-corrected chi connectivity index (χ1v) is 6.87. The number of nitrogens with zero attached hydrogens (tertiary/aromatic N) is 1. The average molecular weight is 282 g/mol. The number of anilines is 1. The van der Waals surface area contributed by atoms with Gasteiger partial charge in [-0.3, -0.25) is 5.41 Å². The van der Waals surface area contributed by atoms with E-state index in [-0.39, 0.29) is 5.84 Å². The second kappa shape index (κ2) is 6.26. The van der Waals surface area contributed by atoms with Crippen LogP contribution in [-0.2, 0) is 4.74 Å². The third-order valence-corrected chi connectivity index (χ3v) is 3.82. The van der Waals surface area contributed by atoms with Crippen molar-refractivity contribution in [1.29, 1.82) is 5.41 Å². The van der Waals surface area contributed by atoms with Gasteiger partial charge in [-0.15, -0.1) is 0 Å². The number of hydrogen-bond acceptors (Lipinski definition) is 3. The Kier molecular flexibility index (Phi) is 4.66. The molecule has 1 aromatic carbocycles. The van der Waals surface area contributed by atoms with E-state index >= 15 is 0 Å². The van der Waals surface area contributed by atoms with Crippen LogP contribution in [0.4, 0.5) is 5.69 Å². The van der Waals surface area contributed by atoms with Crippen molar-refractivity contribution in [2.45, 2.75) is 12.8 Å². The normalized spacial score (nSPS) is 19.5. The lowest BCUT2D eigenvalue weighted by atomic mass is 9.98. The summed E-state index contributed by atoms with van der Waals surface area (Å²) in [5.74, 6) is 0.603. The first kappa shape index (κ1) is 14.2. The highest BCUT2D eigenvalue weighted by molar-refractivity contribution is 6.33. The van der Waals surface area contributed by atoms with Crippen LogP contribution in [-0.4, -0.2) is 32.6 Å². The van der Waals surface area contributed by atoms with Crippen molar-refractivity contribution >= 4 is 23.1 Å². The van der Waals surface area contributed by atoms with Crippen LogP contribution in [0.25, 0.3) is 0 Å².